The molecule has 0 spiro atoms. The maximum absolute atomic E-state index is 12.4. The summed E-state index contributed by atoms with van der Waals surface area (Å²) in [5.41, 5.74) is 5.09. The second-order valence-electron chi connectivity index (χ2n) is 5.12. The van der Waals surface area contributed by atoms with E-state index in [1.54, 1.807) is 0 Å². The van der Waals surface area contributed by atoms with Crippen LogP contribution in [0, 0.1) is 5.92 Å². The van der Waals surface area contributed by atoms with Crippen LogP contribution in [0.3, 0.4) is 0 Å². The van der Waals surface area contributed by atoms with Crippen LogP contribution in [0.2, 0.25) is 0 Å². The number of likely N-dealkylation sites (tertiary alicyclic amines) is 1. The lowest BCUT2D eigenvalue weighted by Crippen LogP contribution is -2.52. The summed E-state index contributed by atoms with van der Waals surface area (Å²) < 4.78 is 0. The van der Waals surface area contributed by atoms with E-state index in [1.165, 1.54) is 0 Å². The maximum atomic E-state index is 12.4. The Balaban J connectivity index is 1.93. The summed E-state index contributed by atoms with van der Waals surface area (Å²) in [6, 6.07) is -0.408. The van der Waals surface area contributed by atoms with Crippen LogP contribution in [0.5, 0.6) is 0 Å². The molecule has 2 aliphatic heterocycles. The highest BCUT2D eigenvalue weighted by atomic mass is 16.2. The van der Waals surface area contributed by atoms with Crippen molar-refractivity contribution >= 4 is 11.9 Å². The summed E-state index contributed by atoms with van der Waals surface area (Å²) in [6.07, 6.45) is 4.04. The maximum Gasteiger partial charge on any atom is 0.312 e. The van der Waals surface area contributed by atoms with E-state index in [9.17, 15) is 9.59 Å². The Kier molecular flexibility index (Phi) is 4.41. The SMILES string of the molecule is NC(=O)NC[C@H]1CCCCN1C(=O)[C@@H]1CCNC1. The number of amides is 3. The van der Waals surface area contributed by atoms with Crippen LogP contribution >= 0.6 is 0 Å². The largest absolute Gasteiger partial charge is 0.352 e. The van der Waals surface area contributed by atoms with Gasteiger partial charge < -0.3 is 21.3 Å². The second kappa shape index (κ2) is 6.04. The lowest BCUT2D eigenvalue weighted by molar-refractivity contribution is -0.138. The lowest BCUT2D eigenvalue weighted by Gasteiger charge is -2.37. The van der Waals surface area contributed by atoms with Gasteiger partial charge in [0.05, 0.1) is 5.92 Å². The van der Waals surface area contributed by atoms with Crippen molar-refractivity contribution in [1.82, 2.24) is 15.5 Å². The number of carbonyl (C=O) groups is 2. The Morgan fingerprint density at radius 3 is 2.83 bits per heavy atom. The predicted octanol–water partition coefficient (Wildman–Crippen LogP) is -0.355. The third-order valence-electron chi connectivity index (χ3n) is 3.83. The summed E-state index contributed by atoms with van der Waals surface area (Å²) in [6.45, 7) is 2.99. The first kappa shape index (κ1) is 13.1. The van der Waals surface area contributed by atoms with Gasteiger partial charge in [-0.05, 0) is 32.2 Å². The lowest BCUT2D eigenvalue weighted by atomic mass is 9.98. The fourth-order valence-electron chi connectivity index (χ4n) is 2.82. The van der Waals surface area contributed by atoms with Gasteiger partial charge in [0.2, 0.25) is 5.91 Å². The van der Waals surface area contributed by atoms with Crippen LogP contribution in [0.1, 0.15) is 25.7 Å². The van der Waals surface area contributed by atoms with E-state index in [0.717, 1.165) is 45.3 Å². The van der Waals surface area contributed by atoms with Gasteiger partial charge in [-0.25, -0.2) is 4.79 Å². The number of carbonyl (C=O) groups excluding carboxylic acids is 2. The molecular formula is C12H22N4O2. The molecule has 6 heteroatoms. The molecule has 102 valence electrons. The minimum Gasteiger partial charge on any atom is -0.352 e. The van der Waals surface area contributed by atoms with E-state index >= 15 is 0 Å². The number of nitrogens with zero attached hydrogens (tertiary/aromatic N) is 1. The molecule has 2 rings (SSSR count). The van der Waals surface area contributed by atoms with E-state index in [0.29, 0.717) is 6.54 Å². The topological polar surface area (TPSA) is 87.5 Å². The molecule has 0 radical (unpaired) electrons. The zero-order valence-corrected chi connectivity index (χ0v) is 10.7. The average Bonchev–Trinajstić information content (AvgIpc) is 2.89. The molecule has 0 aromatic heterocycles. The normalized spacial score (nSPS) is 28.1. The quantitative estimate of drug-likeness (QED) is 0.643. The Bertz CT molecular complexity index is 315. The van der Waals surface area contributed by atoms with Crippen molar-refractivity contribution in [3.63, 3.8) is 0 Å². The van der Waals surface area contributed by atoms with Gasteiger partial charge in [-0.1, -0.05) is 0 Å². The van der Waals surface area contributed by atoms with Gasteiger partial charge in [-0.3, -0.25) is 4.79 Å². The van der Waals surface area contributed by atoms with Crippen LogP contribution in [0.15, 0.2) is 0 Å². The molecular weight excluding hydrogens is 232 g/mol. The van der Waals surface area contributed by atoms with Crippen molar-refractivity contribution < 1.29 is 9.59 Å². The number of urea groups is 1. The molecule has 2 saturated heterocycles. The first-order valence-electron chi connectivity index (χ1n) is 6.73. The average molecular weight is 254 g/mol. The number of hydrogen-bond acceptors (Lipinski definition) is 3. The summed E-state index contributed by atoms with van der Waals surface area (Å²) in [4.78, 5) is 25.1. The van der Waals surface area contributed by atoms with Crippen LogP contribution in [0.25, 0.3) is 0 Å². The van der Waals surface area contributed by atoms with Gasteiger partial charge in [0, 0.05) is 25.7 Å². The monoisotopic (exact) mass is 254 g/mol. The van der Waals surface area contributed by atoms with E-state index in [1.807, 2.05) is 4.90 Å². The molecule has 2 atom stereocenters. The molecule has 0 aliphatic carbocycles. The summed E-state index contributed by atoms with van der Waals surface area (Å²) >= 11 is 0. The highest BCUT2D eigenvalue weighted by Gasteiger charge is 2.32. The minimum atomic E-state index is -0.518. The van der Waals surface area contributed by atoms with Gasteiger partial charge in [0.15, 0.2) is 0 Å². The number of rotatable bonds is 3. The van der Waals surface area contributed by atoms with Crippen LogP contribution < -0.4 is 16.4 Å². The Morgan fingerprint density at radius 1 is 1.33 bits per heavy atom. The second-order valence-corrected chi connectivity index (χ2v) is 5.12. The molecule has 2 aliphatic rings. The molecule has 6 nitrogen and oxygen atoms in total. The van der Waals surface area contributed by atoms with E-state index < -0.39 is 6.03 Å². The molecule has 2 heterocycles. The van der Waals surface area contributed by atoms with Crippen molar-refractivity contribution in [3.05, 3.63) is 0 Å². The third kappa shape index (κ3) is 3.13. The Labute approximate surface area is 107 Å². The van der Waals surface area contributed by atoms with Crippen LogP contribution in [-0.4, -0.2) is 49.1 Å². The number of nitrogens with two attached hydrogens (primary N) is 1. The number of nitrogens with one attached hydrogen (secondary N) is 2. The molecule has 0 saturated carbocycles. The Morgan fingerprint density at radius 2 is 2.17 bits per heavy atom. The number of piperidine rings is 1. The fourth-order valence-corrected chi connectivity index (χ4v) is 2.82. The van der Waals surface area contributed by atoms with Gasteiger partial charge >= 0.3 is 6.03 Å². The standard InChI is InChI=1S/C12H22N4O2/c13-12(18)15-8-10-3-1-2-6-16(10)11(17)9-4-5-14-7-9/h9-10,14H,1-8H2,(H3,13,15,18)/t9-,10-/m1/s1. The molecule has 0 bridgehead atoms. The summed E-state index contributed by atoms with van der Waals surface area (Å²) in [5, 5.41) is 5.84. The summed E-state index contributed by atoms with van der Waals surface area (Å²) in [5.74, 6) is 0.343. The summed E-state index contributed by atoms with van der Waals surface area (Å²) in [7, 11) is 0. The first-order valence-corrected chi connectivity index (χ1v) is 6.73. The van der Waals surface area contributed by atoms with Crippen LogP contribution in [-0.2, 0) is 4.79 Å². The molecule has 4 N–H and O–H groups in total. The molecule has 0 aromatic carbocycles. The minimum absolute atomic E-state index is 0.110. The Hall–Kier alpha value is -1.30. The number of primary amides is 1. The highest BCUT2D eigenvalue weighted by Crippen LogP contribution is 2.21. The number of hydrogen-bond donors (Lipinski definition) is 3. The zero-order chi connectivity index (χ0) is 13.0. The van der Waals surface area contributed by atoms with Crippen molar-refractivity contribution in [2.24, 2.45) is 11.7 Å². The van der Waals surface area contributed by atoms with Crippen molar-refractivity contribution in [1.29, 1.82) is 0 Å². The van der Waals surface area contributed by atoms with Crippen LogP contribution in [0.4, 0.5) is 4.79 Å². The molecule has 2 fully saturated rings. The molecule has 3 amide bonds. The molecule has 18 heavy (non-hydrogen) atoms. The van der Waals surface area contributed by atoms with Gasteiger partial charge in [-0.15, -0.1) is 0 Å². The van der Waals surface area contributed by atoms with Gasteiger partial charge in [0.25, 0.3) is 0 Å². The zero-order valence-electron chi connectivity index (χ0n) is 10.7. The molecule has 0 unspecified atom stereocenters. The first-order chi connectivity index (χ1) is 8.68. The highest BCUT2D eigenvalue weighted by molar-refractivity contribution is 5.80. The third-order valence-corrected chi connectivity index (χ3v) is 3.83. The van der Waals surface area contributed by atoms with Gasteiger partial charge in [0.1, 0.15) is 0 Å². The molecule has 0 aromatic rings. The smallest absolute Gasteiger partial charge is 0.312 e. The van der Waals surface area contributed by atoms with Crippen molar-refractivity contribution in [2.75, 3.05) is 26.2 Å². The predicted molar refractivity (Wildman–Crippen MR) is 67.9 cm³/mol. The van der Waals surface area contributed by atoms with Crippen molar-refractivity contribution in [2.45, 2.75) is 31.7 Å². The van der Waals surface area contributed by atoms with E-state index in [2.05, 4.69) is 10.6 Å². The fraction of sp³-hybridized carbons (Fsp3) is 0.833. The van der Waals surface area contributed by atoms with Crippen molar-refractivity contribution in [3.8, 4) is 0 Å². The van der Waals surface area contributed by atoms with E-state index in [4.69, 9.17) is 5.73 Å². The van der Waals surface area contributed by atoms with Gasteiger partial charge in [-0.2, -0.15) is 0 Å². The van der Waals surface area contributed by atoms with E-state index in [-0.39, 0.29) is 17.9 Å².